The van der Waals surface area contributed by atoms with Crippen molar-refractivity contribution < 1.29 is 17.6 Å². The monoisotopic (exact) mass is 433 g/mol. The smallest absolute Gasteiger partial charge is 0.257 e. The van der Waals surface area contributed by atoms with Crippen molar-refractivity contribution in [1.29, 1.82) is 0 Å². The minimum absolute atomic E-state index is 0.00727. The number of carbonyl (C=O) groups is 1. The lowest BCUT2D eigenvalue weighted by atomic mass is 10.1. The Morgan fingerprint density at radius 2 is 1.97 bits per heavy atom. The molecule has 0 saturated heterocycles. The van der Waals surface area contributed by atoms with Gasteiger partial charge in [-0.05, 0) is 36.2 Å². The summed E-state index contributed by atoms with van der Waals surface area (Å²) in [4.78, 5) is 17.5. The maximum Gasteiger partial charge on any atom is 0.257 e. The molecule has 1 heterocycles. The Morgan fingerprint density at radius 1 is 1.17 bits per heavy atom. The number of nitrogens with one attached hydrogen (secondary N) is 2. The quantitative estimate of drug-likeness (QED) is 0.555. The fraction of sp³-hybridized carbons (Fsp3) is 0.200. The van der Waals surface area contributed by atoms with Crippen LogP contribution in [0.15, 0.2) is 54.7 Å². The van der Waals surface area contributed by atoms with Crippen LogP contribution in [0.5, 0.6) is 0 Å². The molecule has 0 atom stereocenters. The van der Waals surface area contributed by atoms with E-state index in [9.17, 15) is 17.6 Å². The van der Waals surface area contributed by atoms with Crippen LogP contribution in [0.3, 0.4) is 0 Å². The summed E-state index contributed by atoms with van der Waals surface area (Å²) in [7, 11) is -3.44. The summed E-state index contributed by atoms with van der Waals surface area (Å²) in [6.07, 6.45) is 2.48. The zero-order chi connectivity index (χ0) is 20.9. The highest BCUT2D eigenvalue weighted by atomic mass is 32.2. The van der Waals surface area contributed by atoms with Crippen molar-refractivity contribution in [3.05, 3.63) is 76.5 Å². The number of carbonyl (C=O) groups excluding carboxylic acids is 1. The lowest BCUT2D eigenvalue weighted by molar-refractivity contribution is 0.102. The Hall–Kier alpha value is -2.78. The van der Waals surface area contributed by atoms with Crippen LogP contribution in [-0.2, 0) is 16.4 Å². The number of amides is 1. The fourth-order valence-electron chi connectivity index (χ4n) is 2.67. The molecule has 0 radical (unpaired) electrons. The van der Waals surface area contributed by atoms with Gasteiger partial charge < -0.3 is 0 Å². The molecule has 1 aromatic heterocycles. The molecule has 3 rings (SSSR count). The van der Waals surface area contributed by atoms with E-state index in [-0.39, 0.29) is 11.6 Å². The van der Waals surface area contributed by atoms with E-state index >= 15 is 0 Å². The molecule has 0 fully saturated rings. The van der Waals surface area contributed by atoms with Gasteiger partial charge >= 0.3 is 0 Å². The number of hydrogen-bond acceptors (Lipinski definition) is 5. The molecule has 9 heteroatoms. The Labute approximate surface area is 172 Å². The van der Waals surface area contributed by atoms with Crippen molar-refractivity contribution in [2.75, 3.05) is 15.8 Å². The second-order valence-electron chi connectivity index (χ2n) is 6.36. The molecule has 6 nitrogen and oxygen atoms in total. The predicted molar refractivity (Wildman–Crippen MR) is 113 cm³/mol. The molecule has 29 heavy (non-hydrogen) atoms. The van der Waals surface area contributed by atoms with Crippen molar-refractivity contribution >= 4 is 38.1 Å². The van der Waals surface area contributed by atoms with Crippen molar-refractivity contribution in [2.24, 2.45) is 0 Å². The first-order chi connectivity index (χ1) is 13.9. The molecule has 0 saturated carbocycles. The zero-order valence-electron chi connectivity index (χ0n) is 15.7. The van der Waals surface area contributed by atoms with E-state index in [0.717, 1.165) is 4.88 Å². The van der Waals surface area contributed by atoms with Crippen molar-refractivity contribution in [1.82, 2.24) is 4.98 Å². The van der Waals surface area contributed by atoms with Crippen molar-refractivity contribution in [2.45, 2.75) is 19.8 Å². The molecule has 0 aliphatic carbocycles. The first-order valence-corrected chi connectivity index (χ1v) is 11.4. The molecular formula is C20H20FN3O3S2. The maximum absolute atomic E-state index is 13.8. The Kier molecular flexibility index (Phi) is 6.60. The van der Waals surface area contributed by atoms with Crippen molar-refractivity contribution in [3.63, 3.8) is 0 Å². The van der Waals surface area contributed by atoms with Gasteiger partial charge in [-0.2, -0.15) is 0 Å². The largest absolute Gasteiger partial charge is 0.298 e. The molecule has 2 aromatic carbocycles. The van der Waals surface area contributed by atoms with Gasteiger partial charge in [0.15, 0.2) is 5.13 Å². The molecule has 0 unspecified atom stereocenters. The third kappa shape index (κ3) is 5.85. The molecule has 3 aromatic rings. The van der Waals surface area contributed by atoms with E-state index in [1.54, 1.807) is 49.5 Å². The Morgan fingerprint density at radius 3 is 2.72 bits per heavy atom. The van der Waals surface area contributed by atoms with Crippen LogP contribution in [-0.4, -0.2) is 25.1 Å². The van der Waals surface area contributed by atoms with E-state index in [1.807, 2.05) is 0 Å². The number of halogens is 1. The molecule has 152 valence electrons. The number of rotatable bonds is 8. The SMILES string of the molecule is CCCS(=O)(=O)Nc1cccc(C(=O)Nc2ncc(Cc3ccccc3F)s2)c1. The van der Waals surface area contributed by atoms with E-state index in [0.29, 0.717) is 34.8 Å². The molecule has 0 bridgehead atoms. The van der Waals surface area contributed by atoms with Crippen LogP contribution >= 0.6 is 11.3 Å². The second-order valence-corrected chi connectivity index (χ2v) is 9.31. The number of aromatic nitrogens is 1. The van der Waals surface area contributed by atoms with Crippen LogP contribution in [0.25, 0.3) is 0 Å². The maximum atomic E-state index is 13.8. The summed E-state index contributed by atoms with van der Waals surface area (Å²) in [6.45, 7) is 1.78. The first kappa shape index (κ1) is 20.9. The van der Waals surface area contributed by atoms with Gasteiger partial charge in [-0.3, -0.25) is 14.8 Å². The van der Waals surface area contributed by atoms with Gasteiger partial charge in [0.1, 0.15) is 5.82 Å². The Balaban J connectivity index is 1.67. The van der Waals surface area contributed by atoms with Gasteiger partial charge in [-0.1, -0.05) is 31.2 Å². The van der Waals surface area contributed by atoms with Gasteiger partial charge in [0.05, 0.1) is 5.75 Å². The molecule has 1 amide bonds. The molecule has 0 spiro atoms. The topological polar surface area (TPSA) is 88.2 Å². The lowest BCUT2D eigenvalue weighted by Gasteiger charge is -2.08. The average molecular weight is 434 g/mol. The first-order valence-electron chi connectivity index (χ1n) is 8.96. The van der Waals surface area contributed by atoms with Crippen LogP contribution in [0.1, 0.15) is 34.1 Å². The lowest BCUT2D eigenvalue weighted by Crippen LogP contribution is -2.17. The summed E-state index contributed by atoms with van der Waals surface area (Å²) in [6, 6.07) is 12.7. The van der Waals surface area contributed by atoms with Crippen molar-refractivity contribution in [3.8, 4) is 0 Å². The second kappa shape index (κ2) is 9.15. The highest BCUT2D eigenvalue weighted by Gasteiger charge is 2.13. The molecule has 0 aliphatic rings. The summed E-state index contributed by atoms with van der Waals surface area (Å²) >= 11 is 1.26. The number of thiazole rings is 1. The highest BCUT2D eigenvalue weighted by Crippen LogP contribution is 2.23. The van der Waals surface area contributed by atoms with E-state index in [1.165, 1.54) is 23.5 Å². The zero-order valence-corrected chi connectivity index (χ0v) is 17.3. The van der Waals surface area contributed by atoms with Crippen LogP contribution < -0.4 is 10.0 Å². The van der Waals surface area contributed by atoms with Crippen LogP contribution in [0.4, 0.5) is 15.2 Å². The van der Waals surface area contributed by atoms with E-state index in [2.05, 4.69) is 15.0 Å². The minimum atomic E-state index is -3.44. The van der Waals surface area contributed by atoms with E-state index < -0.39 is 15.9 Å². The third-order valence-electron chi connectivity index (χ3n) is 3.97. The number of nitrogens with zero attached hydrogens (tertiary/aromatic N) is 1. The van der Waals surface area contributed by atoms with Crippen LogP contribution in [0, 0.1) is 5.82 Å². The minimum Gasteiger partial charge on any atom is -0.298 e. The van der Waals surface area contributed by atoms with Gasteiger partial charge in [-0.25, -0.2) is 17.8 Å². The Bertz CT molecular complexity index is 1110. The number of benzene rings is 2. The average Bonchev–Trinajstić information content (AvgIpc) is 3.10. The molecule has 0 aliphatic heterocycles. The summed E-state index contributed by atoms with van der Waals surface area (Å²) in [5, 5.41) is 3.08. The number of sulfonamides is 1. The van der Waals surface area contributed by atoms with E-state index in [4.69, 9.17) is 0 Å². The third-order valence-corrected chi connectivity index (χ3v) is 6.37. The summed E-state index contributed by atoms with van der Waals surface area (Å²) in [5.74, 6) is -0.685. The fourth-order valence-corrected chi connectivity index (χ4v) is 4.63. The molecule has 2 N–H and O–H groups in total. The highest BCUT2D eigenvalue weighted by molar-refractivity contribution is 7.92. The van der Waals surface area contributed by atoms with Gasteiger partial charge in [-0.15, -0.1) is 11.3 Å². The normalized spacial score (nSPS) is 11.2. The summed E-state index contributed by atoms with van der Waals surface area (Å²) < 4.78 is 40.0. The molecular weight excluding hydrogens is 413 g/mol. The van der Waals surface area contributed by atoms with Gasteiger partial charge in [0.2, 0.25) is 10.0 Å². The predicted octanol–water partition coefficient (Wildman–Crippen LogP) is 4.28. The summed E-state index contributed by atoms with van der Waals surface area (Å²) in [5.41, 5.74) is 1.18. The van der Waals surface area contributed by atoms with Crippen LogP contribution in [0.2, 0.25) is 0 Å². The van der Waals surface area contributed by atoms with Gasteiger partial charge in [0.25, 0.3) is 5.91 Å². The standard InChI is InChI=1S/C20H20FN3O3S2/c1-2-10-29(26,27)24-16-8-5-7-15(11-16)19(25)23-20-22-13-17(28-20)12-14-6-3-4-9-18(14)21/h3-9,11,13,24H,2,10,12H2,1H3,(H,22,23,25). The van der Waals surface area contributed by atoms with Gasteiger partial charge in [0, 0.05) is 28.7 Å². The number of hydrogen-bond donors (Lipinski definition) is 2. The number of anilines is 2.